The van der Waals surface area contributed by atoms with E-state index in [0.29, 0.717) is 17.9 Å². The summed E-state index contributed by atoms with van der Waals surface area (Å²) in [5.74, 6) is -0.430. The molecule has 6 nitrogen and oxygen atoms in total. The number of hydrogen-bond acceptors (Lipinski definition) is 5. The Hall–Kier alpha value is -2.59. The minimum atomic E-state index is -4.54. The molecule has 0 saturated heterocycles. The summed E-state index contributed by atoms with van der Waals surface area (Å²) in [6, 6.07) is 7.10. The van der Waals surface area contributed by atoms with Crippen LogP contribution in [0.2, 0.25) is 5.15 Å². The third-order valence-corrected chi connectivity index (χ3v) is 5.01. The highest BCUT2D eigenvalue weighted by molar-refractivity contribution is 7.99. The summed E-state index contributed by atoms with van der Waals surface area (Å²) >= 11 is 7.13. The molecule has 0 aliphatic rings. The molecule has 0 bridgehead atoms. The standard InChI is InChI=1S/C18H15ClF3N5OS/c1-2-26(13-10-27(25-17(13)19)12-5-4-8-23-9-12)16(28)11-29-15-7-3-6-14(24-15)18(20,21)22/h3-10H,2,11H2,1H3. The molecular formula is C18H15ClF3N5OS. The fraction of sp³-hybridized carbons (Fsp3) is 0.222. The van der Waals surface area contributed by atoms with Crippen molar-refractivity contribution in [2.45, 2.75) is 18.1 Å². The minimum absolute atomic E-state index is 0.101. The second-order valence-electron chi connectivity index (χ2n) is 5.75. The molecule has 0 aromatic carbocycles. The Bertz CT molecular complexity index is 997. The van der Waals surface area contributed by atoms with Crippen LogP contribution in [-0.2, 0) is 11.0 Å². The van der Waals surface area contributed by atoms with Crippen molar-refractivity contribution in [2.24, 2.45) is 0 Å². The van der Waals surface area contributed by atoms with Crippen LogP contribution in [0.25, 0.3) is 5.69 Å². The molecule has 152 valence electrons. The Kier molecular flexibility index (Phi) is 6.43. The number of pyridine rings is 2. The number of anilines is 1. The van der Waals surface area contributed by atoms with Crippen LogP contribution in [0.15, 0.2) is 53.9 Å². The summed E-state index contributed by atoms with van der Waals surface area (Å²) in [5, 5.41) is 4.44. The van der Waals surface area contributed by atoms with Gasteiger partial charge in [-0.15, -0.1) is 0 Å². The lowest BCUT2D eigenvalue weighted by atomic mass is 10.3. The van der Waals surface area contributed by atoms with Crippen LogP contribution < -0.4 is 4.90 Å². The average Bonchev–Trinajstić information content (AvgIpc) is 3.09. The van der Waals surface area contributed by atoms with E-state index in [1.807, 2.05) is 0 Å². The van der Waals surface area contributed by atoms with Gasteiger partial charge in [-0.05, 0) is 31.2 Å². The Balaban J connectivity index is 1.74. The smallest absolute Gasteiger partial charge is 0.308 e. The number of carbonyl (C=O) groups excluding carboxylic acids is 1. The van der Waals surface area contributed by atoms with E-state index in [9.17, 15) is 18.0 Å². The van der Waals surface area contributed by atoms with Crippen LogP contribution in [-0.4, -0.2) is 38.0 Å². The van der Waals surface area contributed by atoms with Crippen LogP contribution in [0, 0.1) is 0 Å². The number of hydrogen-bond donors (Lipinski definition) is 0. The molecule has 0 radical (unpaired) electrons. The molecule has 3 aromatic heterocycles. The molecular weight excluding hydrogens is 427 g/mol. The van der Waals surface area contributed by atoms with E-state index in [2.05, 4.69) is 15.1 Å². The molecule has 0 unspecified atom stereocenters. The summed E-state index contributed by atoms with van der Waals surface area (Å²) in [7, 11) is 0. The second kappa shape index (κ2) is 8.83. The number of thioether (sulfide) groups is 1. The maximum Gasteiger partial charge on any atom is 0.433 e. The van der Waals surface area contributed by atoms with Crippen molar-refractivity contribution in [2.75, 3.05) is 17.2 Å². The highest BCUT2D eigenvalue weighted by atomic mass is 35.5. The quantitative estimate of drug-likeness (QED) is 0.528. The van der Waals surface area contributed by atoms with Gasteiger partial charge >= 0.3 is 6.18 Å². The highest BCUT2D eigenvalue weighted by Crippen LogP contribution is 2.30. The van der Waals surface area contributed by atoms with Crippen LogP contribution in [0.5, 0.6) is 0 Å². The zero-order valence-corrected chi connectivity index (χ0v) is 16.7. The maximum atomic E-state index is 12.8. The number of nitrogens with zero attached hydrogens (tertiary/aromatic N) is 5. The van der Waals surface area contributed by atoms with Gasteiger partial charge in [0.05, 0.1) is 28.9 Å². The first-order chi connectivity index (χ1) is 13.8. The van der Waals surface area contributed by atoms with Crippen molar-refractivity contribution in [3.63, 3.8) is 0 Å². The fourth-order valence-corrected chi connectivity index (χ4v) is 3.49. The number of rotatable bonds is 6. The average molecular weight is 442 g/mol. The molecule has 1 amide bonds. The zero-order chi connectivity index (χ0) is 21.0. The van der Waals surface area contributed by atoms with E-state index < -0.39 is 11.9 Å². The Morgan fingerprint density at radius 2 is 2.07 bits per heavy atom. The van der Waals surface area contributed by atoms with Crippen LogP contribution in [0.1, 0.15) is 12.6 Å². The monoisotopic (exact) mass is 441 g/mol. The van der Waals surface area contributed by atoms with Gasteiger partial charge in [0.25, 0.3) is 0 Å². The van der Waals surface area contributed by atoms with E-state index in [4.69, 9.17) is 11.6 Å². The van der Waals surface area contributed by atoms with Gasteiger partial charge in [-0.3, -0.25) is 9.78 Å². The number of halogens is 4. The molecule has 3 rings (SSSR count). The van der Waals surface area contributed by atoms with Gasteiger partial charge in [0.1, 0.15) is 11.4 Å². The molecule has 3 aromatic rings. The van der Waals surface area contributed by atoms with E-state index >= 15 is 0 Å². The Morgan fingerprint density at radius 1 is 1.28 bits per heavy atom. The second-order valence-corrected chi connectivity index (χ2v) is 7.10. The van der Waals surface area contributed by atoms with Crippen molar-refractivity contribution in [3.8, 4) is 5.69 Å². The normalized spacial score (nSPS) is 11.5. The first-order valence-electron chi connectivity index (χ1n) is 8.42. The van der Waals surface area contributed by atoms with Gasteiger partial charge in [-0.25, -0.2) is 9.67 Å². The number of carbonyl (C=O) groups is 1. The maximum absolute atomic E-state index is 12.8. The third kappa shape index (κ3) is 5.07. The lowest BCUT2D eigenvalue weighted by Crippen LogP contribution is -2.32. The number of alkyl halides is 3. The Labute approximate surface area is 173 Å². The summed E-state index contributed by atoms with van der Waals surface area (Å²) in [5.41, 5.74) is 0.0791. The Morgan fingerprint density at radius 3 is 2.72 bits per heavy atom. The summed E-state index contributed by atoms with van der Waals surface area (Å²) in [6.07, 6.45) is 0.287. The highest BCUT2D eigenvalue weighted by Gasteiger charge is 2.32. The van der Waals surface area contributed by atoms with Gasteiger partial charge in [0.2, 0.25) is 5.91 Å². The first kappa shape index (κ1) is 21.1. The van der Waals surface area contributed by atoms with Gasteiger partial charge in [-0.1, -0.05) is 29.4 Å². The van der Waals surface area contributed by atoms with Crippen LogP contribution in [0.4, 0.5) is 18.9 Å². The van der Waals surface area contributed by atoms with E-state index in [-0.39, 0.29) is 21.8 Å². The molecule has 0 spiro atoms. The molecule has 0 fully saturated rings. The molecule has 0 aliphatic carbocycles. The van der Waals surface area contributed by atoms with Crippen LogP contribution >= 0.6 is 23.4 Å². The predicted octanol–water partition coefficient (Wildman–Crippen LogP) is 4.48. The topological polar surface area (TPSA) is 63.9 Å². The van der Waals surface area contributed by atoms with Gasteiger partial charge in [-0.2, -0.15) is 18.3 Å². The lowest BCUT2D eigenvalue weighted by molar-refractivity contribution is -0.141. The minimum Gasteiger partial charge on any atom is -0.308 e. The fourth-order valence-electron chi connectivity index (χ4n) is 2.49. The molecule has 11 heteroatoms. The largest absolute Gasteiger partial charge is 0.433 e. The van der Waals surface area contributed by atoms with Crippen molar-refractivity contribution < 1.29 is 18.0 Å². The molecule has 3 heterocycles. The first-order valence-corrected chi connectivity index (χ1v) is 9.79. The van der Waals surface area contributed by atoms with E-state index in [1.165, 1.54) is 21.7 Å². The summed E-state index contributed by atoms with van der Waals surface area (Å²) in [4.78, 5) is 21.7. The lowest BCUT2D eigenvalue weighted by Gasteiger charge is -2.19. The van der Waals surface area contributed by atoms with Crippen LogP contribution in [0.3, 0.4) is 0 Å². The SMILES string of the molecule is CCN(C(=O)CSc1cccc(C(F)(F)F)n1)c1cn(-c2cccnc2)nc1Cl. The van der Waals surface area contributed by atoms with Gasteiger partial charge in [0, 0.05) is 12.7 Å². The third-order valence-electron chi connectivity index (χ3n) is 3.83. The number of aromatic nitrogens is 4. The van der Waals surface area contributed by atoms with E-state index in [1.54, 1.807) is 37.6 Å². The van der Waals surface area contributed by atoms with Crippen molar-refractivity contribution >= 4 is 35.0 Å². The molecule has 0 aliphatic heterocycles. The number of amides is 1. The molecule has 0 atom stereocenters. The van der Waals surface area contributed by atoms with Gasteiger partial charge < -0.3 is 4.90 Å². The van der Waals surface area contributed by atoms with E-state index in [0.717, 1.165) is 17.8 Å². The van der Waals surface area contributed by atoms with Gasteiger partial charge in [0.15, 0.2) is 5.15 Å². The summed E-state index contributed by atoms with van der Waals surface area (Å²) < 4.78 is 39.8. The molecule has 29 heavy (non-hydrogen) atoms. The van der Waals surface area contributed by atoms with Crippen molar-refractivity contribution in [3.05, 3.63) is 59.8 Å². The van der Waals surface area contributed by atoms with Crippen molar-refractivity contribution in [1.82, 2.24) is 19.7 Å². The molecule has 0 saturated carbocycles. The van der Waals surface area contributed by atoms with Crippen molar-refractivity contribution in [1.29, 1.82) is 0 Å². The summed E-state index contributed by atoms with van der Waals surface area (Å²) in [6.45, 7) is 2.08. The molecule has 0 N–H and O–H groups in total. The predicted molar refractivity (Wildman–Crippen MR) is 104 cm³/mol. The zero-order valence-electron chi connectivity index (χ0n) is 15.1.